The van der Waals surface area contributed by atoms with Crippen LogP contribution in [0.15, 0.2) is 10.2 Å². The fraction of sp³-hybridized carbons (Fsp3) is 0.786. The van der Waals surface area contributed by atoms with Crippen molar-refractivity contribution in [2.75, 3.05) is 0 Å². The summed E-state index contributed by atoms with van der Waals surface area (Å²) in [6.07, 6.45) is 13.0. The summed E-state index contributed by atoms with van der Waals surface area (Å²) < 4.78 is 2.08. The van der Waals surface area contributed by atoms with E-state index in [1.54, 1.807) is 6.92 Å². The van der Waals surface area contributed by atoms with Crippen LogP contribution in [0.2, 0.25) is 0 Å². The number of hydrogen-bond donors (Lipinski definition) is 1. The average Bonchev–Trinajstić information content (AvgIpc) is 2.31. The normalized spacial score (nSPS) is 13.1. The molecule has 1 atom stereocenters. The van der Waals surface area contributed by atoms with Gasteiger partial charge in [-0.1, -0.05) is 74.1 Å². The first-order valence-corrected chi connectivity index (χ1v) is 7.91. The minimum Gasteiger partial charge on any atom is -0.481 e. The van der Waals surface area contributed by atoms with Crippen LogP contribution in [0.4, 0.5) is 0 Å². The summed E-state index contributed by atoms with van der Waals surface area (Å²) in [6, 6.07) is 0. The zero-order chi connectivity index (χ0) is 12.9. The molecule has 1 unspecified atom stereocenters. The molecule has 0 amide bonds. The summed E-state index contributed by atoms with van der Waals surface area (Å²) in [5, 5.41) is 8.72. The topological polar surface area (TPSA) is 37.3 Å². The van der Waals surface area contributed by atoms with Crippen molar-refractivity contribution in [3.63, 3.8) is 0 Å². The van der Waals surface area contributed by atoms with Gasteiger partial charge in [-0.05, 0) is 23.3 Å². The van der Waals surface area contributed by atoms with Crippen LogP contribution >= 0.6 is 22.6 Å². The second kappa shape index (κ2) is 12.4. The maximum atomic E-state index is 10.6. The van der Waals surface area contributed by atoms with E-state index in [4.69, 9.17) is 5.11 Å². The minimum absolute atomic E-state index is 0.171. The van der Waals surface area contributed by atoms with E-state index in [2.05, 4.69) is 32.7 Å². The third-order valence-corrected chi connectivity index (χ3v) is 3.53. The van der Waals surface area contributed by atoms with Crippen molar-refractivity contribution in [1.29, 1.82) is 0 Å². The monoisotopic (exact) mass is 356 g/mol. The molecule has 1 N–H and O–H groups in total. The Balaban J connectivity index is 3.11. The lowest BCUT2D eigenvalue weighted by molar-refractivity contribution is -0.141. The van der Waals surface area contributed by atoms with E-state index >= 15 is 0 Å². The van der Waals surface area contributed by atoms with Gasteiger partial charge in [0, 0.05) is 0 Å². The van der Waals surface area contributed by atoms with E-state index in [1.807, 2.05) is 0 Å². The van der Waals surface area contributed by atoms with E-state index in [9.17, 15) is 4.79 Å². The molecular weight excluding hydrogens is 331 g/mol. The van der Waals surface area contributed by atoms with E-state index in [0.717, 1.165) is 12.8 Å². The lowest BCUT2D eigenvalue weighted by atomic mass is 10.0. The Morgan fingerprint density at radius 1 is 1.12 bits per heavy atom. The summed E-state index contributed by atoms with van der Waals surface area (Å²) in [5.74, 6) is -0.830. The van der Waals surface area contributed by atoms with Crippen LogP contribution in [-0.4, -0.2) is 11.1 Å². The Morgan fingerprint density at radius 2 is 1.65 bits per heavy atom. The number of rotatable bonds is 11. The molecular formula is C14H25IO2. The third-order valence-electron chi connectivity index (χ3n) is 3.02. The molecule has 0 rings (SSSR count). The van der Waals surface area contributed by atoms with Gasteiger partial charge in [0.05, 0.1) is 5.92 Å². The molecule has 0 aromatic heterocycles. The second-order valence-corrected chi connectivity index (χ2v) is 5.37. The molecule has 0 fully saturated rings. The van der Waals surface area contributed by atoms with Gasteiger partial charge >= 0.3 is 5.97 Å². The van der Waals surface area contributed by atoms with Gasteiger partial charge in [0.1, 0.15) is 0 Å². The van der Waals surface area contributed by atoms with Crippen LogP contribution in [0.5, 0.6) is 0 Å². The van der Waals surface area contributed by atoms with Crippen LogP contribution in [-0.2, 0) is 4.79 Å². The maximum absolute atomic E-state index is 10.6. The van der Waals surface area contributed by atoms with Gasteiger partial charge in [-0.25, -0.2) is 0 Å². The van der Waals surface area contributed by atoms with Crippen molar-refractivity contribution in [2.45, 2.75) is 64.7 Å². The van der Waals surface area contributed by atoms with Gasteiger partial charge < -0.3 is 5.11 Å². The highest BCUT2D eigenvalue weighted by Crippen LogP contribution is 2.13. The molecule has 0 radical (unpaired) electrons. The summed E-state index contributed by atoms with van der Waals surface area (Å²) in [7, 11) is 0. The SMILES string of the molecule is CC(CCCCCCCCC/C=C/[131I])C(=O)O. The second-order valence-electron chi connectivity index (χ2n) is 4.65. The fourth-order valence-electron chi connectivity index (χ4n) is 1.78. The molecule has 0 saturated heterocycles. The molecule has 17 heavy (non-hydrogen) atoms. The number of carboxylic acids is 1. The smallest absolute Gasteiger partial charge is 0.306 e. The summed E-state index contributed by atoms with van der Waals surface area (Å²) in [6.45, 7) is 1.79. The maximum Gasteiger partial charge on any atom is 0.306 e. The number of unbranched alkanes of at least 4 members (excludes halogenated alkanes) is 7. The Morgan fingerprint density at radius 3 is 2.18 bits per heavy atom. The average molecular weight is 356 g/mol. The Hall–Kier alpha value is -0.0600. The van der Waals surface area contributed by atoms with Crippen molar-refractivity contribution >= 4 is 28.6 Å². The van der Waals surface area contributed by atoms with Crippen LogP contribution in [0.1, 0.15) is 64.7 Å². The molecule has 0 aromatic rings. The van der Waals surface area contributed by atoms with E-state index in [-0.39, 0.29) is 5.92 Å². The Labute approximate surface area is 119 Å². The first kappa shape index (κ1) is 16.9. The highest BCUT2D eigenvalue weighted by Gasteiger charge is 2.09. The zero-order valence-corrected chi connectivity index (χ0v) is 13.0. The molecule has 100 valence electrons. The van der Waals surface area contributed by atoms with Crippen molar-refractivity contribution in [3.8, 4) is 0 Å². The van der Waals surface area contributed by atoms with Gasteiger partial charge in [-0.3, -0.25) is 4.79 Å². The van der Waals surface area contributed by atoms with Crippen molar-refractivity contribution in [1.82, 2.24) is 0 Å². The number of allylic oxidation sites excluding steroid dienone is 1. The van der Waals surface area contributed by atoms with E-state index in [0.29, 0.717) is 0 Å². The fourth-order valence-corrected chi connectivity index (χ4v) is 2.14. The quantitative estimate of drug-likeness (QED) is 0.410. The number of aliphatic carboxylic acids is 1. The lowest BCUT2D eigenvalue weighted by Crippen LogP contribution is -2.08. The molecule has 0 aliphatic heterocycles. The van der Waals surface area contributed by atoms with Crippen molar-refractivity contribution in [3.05, 3.63) is 10.2 Å². The Kier molecular flexibility index (Phi) is 12.4. The van der Waals surface area contributed by atoms with Crippen molar-refractivity contribution < 1.29 is 9.90 Å². The van der Waals surface area contributed by atoms with E-state index in [1.165, 1.54) is 44.9 Å². The predicted molar refractivity (Wildman–Crippen MR) is 81.5 cm³/mol. The zero-order valence-electron chi connectivity index (χ0n) is 10.8. The molecule has 0 aliphatic carbocycles. The molecule has 2 nitrogen and oxygen atoms in total. The first-order valence-electron chi connectivity index (χ1n) is 6.66. The van der Waals surface area contributed by atoms with Crippen LogP contribution in [0.3, 0.4) is 0 Å². The summed E-state index contributed by atoms with van der Waals surface area (Å²) >= 11 is 2.26. The van der Waals surface area contributed by atoms with Gasteiger partial charge in [0.15, 0.2) is 0 Å². The van der Waals surface area contributed by atoms with Gasteiger partial charge in [0.25, 0.3) is 0 Å². The molecule has 0 aliphatic rings. The molecule has 3 heteroatoms. The van der Waals surface area contributed by atoms with Gasteiger partial charge in [-0.15, -0.1) is 0 Å². The molecule has 0 bridgehead atoms. The predicted octanol–water partition coefficient (Wildman–Crippen LogP) is 5.17. The third kappa shape index (κ3) is 12.2. The molecule has 0 heterocycles. The van der Waals surface area contributed by atoms with Crippen LogP contribution in [0.25, 0.3) is 0 Å². The highest BCUT2D eigenvalue weighted by atomic mass is 131. The molecule has 0 aromatic carbocycles. The van der Waals surface area contributed by atoms with Gasteiger partial charge in [-0.2, -0.15) is 0 Å². The van der Waals surface area contributed by atoms with Crippen molar-refractivity contribution in [2.24, 2.45) is 5.92 Å². The Bertz CT molecular complexity index is 214. The lowest BCUT2D eigenvalue weighted by Gasteiger charge is -2.05. The minimum atomic E-state index is -0.659. The summed E-state index contributed by atoms with van der Waals surface area (Å²) in [4.78, 5) is 10.6. The molecule has 0 spiro atoms. The molecule has 0 saturated carbocycles. The standard InChI is InChI=1S/C14H25IO2/c1-13(14(16)17)11-9-7-5-3-2-4-6-8-10-12-15/h10,12-13H,2-9,11H2,1H3,(H,16,17)/b12-10+/i15+4. The summed E-state index contributed by atoms with van der Waals surface area (Å²) in [5.41, 5.74) is 0. The largest absolute Gasteiger partial charge is 0.481 e. The first-order chi connectivity index (χ1) is 8.18. The van der Waals surface area contributed by atoms with Gasteiger partial charge in [0.2, 0.25) is 0 Å². The number of hydrogen-bond acceptors (Lipinski definition) is 1. The van der Waals surface area contributed by atoms with E-state index < -0.39 is 5.97 Å². The number of carboxylic acid groups (broad SMARTS) is 1. The number of halogens is 1. The highest BCUT2D eigenvalue weighted by molar-refractivity contribution is 14.1. The van der Waals surface area contributed by atoms with Crippen LogP contribution < -0.4 is 0 Å². The number of carbonyl (C=O) groups is 1. The van der Waals surface area contributed by atoms with Crippen LogP contribution in [0, 0.1) is 5.92 Å².